The fourth-order valence-electron chi connectivity index (χ4n) is 2.93. The fraction of sp³-hybridized carbons (Fsp3) is 0.533. The summed E-state index contributed by atoms with van der Waals surface area (Å²) in [5, 5.41) is 6.76. The minimum atomic E-state index is -3.34. The van der Waals surface area contributed by atoms with Gasteiger partial charge in [0.1, 0.15) is 5.69 Å². The van der Waals surface area contributed by atoms with Crippen LogP contribution >= 0.6 is 0 Å². The molecule has 1 N–H and O–H groups in total. The number of nitrogens with one attached hydrogen (secondary N) is 1. The summed E-state index contributed by atoms with van der Waals surface area (Å²) in [7, 11) is -0.206. The van der Waals surface area contributed by atoms with Gasteiger partial charge in [-0.15, -0.1) is 0 Å². The van der Waals surface area contributed by atoms with Gasteiger partial charge in [-0.2, -0.15) is 22.1 Å². The summed E-state index contributed by atoms with van der Waals surface area (Å²) in [6.45, 7) is 1.12. The average molecular weight is 350 g/mol. The smallest absolute Gasteiger partial charge is 0.276 e. The molecule has 0 bridgehead atoms. The molecule has 1 atom stereocenters. The highest BCUT2D eigenvalue weighted by molar-refractivity contribution is 7.86. The van der Waals surface area contributed by atoms with Crippen molar-refractivity contribution in [2.75, 3.05) is 27.2 Å². The van der Waals surface area contributed by atoms with E-state index in [4.69, 9.17) is 0 Å². The summed E-state index contributed by atoms with van der Waals surface area (Å²) in [6.07, 6.45) is 7.76. The molecule has 24 heavy (non-hydrogen) atoms. The summed E-state index contributed by atoms with van der Waals surface area (Å²) < 4.78 is 27.4. The predicted octanol–water partition coefficient (Wildman–Crippen LogP) is 0.928. The van der Waals surface area contributed by atoms with Gasteiger partial charge in [-0.3, -0.25) is 15.1 Å². The quantitative estimate of drug-likeness (QED) is 0.865. The van der Waals surface area contributed by atoms with Crippen molar-refractivity contribution in [2.45, 2.75) is 19.3 Å². The molecule has 2 aromatic heterocycles. The molecule has 0 aliphatic carbocycles. The highest BCUT2D eigenvalue weighted by Crippen LogP contribution is 2.23. The Labute approximate surface area is 142 Å². The van der Waals surface area contributed by atoms with Gasteiger partial charge in [-0.05, 0) is 31.2 Å². The Morgan fingerprint density at radius 3 is 2.79 bits per heavy atom. The maximum atomic E-state index is 12.3. The van der Waals surface area contributed by atoms with Crippen molar-refractivity contribution in [1.29, 1.82) is 0 Å². The van der Waals surface area contributed by atoms with Gasteiger partial charge in [0.15, 0.2) is 0 Å². The third-order valence-corrected chi connectivity index (χ3v) is 6.16. The normalized spacial score (nSPS) is 19.7. The molecular formula is C15H22N6O2S. The van der Waals surface area contributed by atoms with Crippen molar-refractivity contribution < 1.29 is 8.42 Å². The molecule has 0 saturated carbocycles. The number of aromatic amines is 1. The first-order chi connectivity index (χ1) is 11.5. The number of hydrogen-bond acceptors (Lipinski definition) is 5. The maximum Gasteiger partial charge on any atom is 0.281 e. The van der Waals surface area contributed by atoms with Crippen LogP contribution < -0.4 is 0 Å². The van der Waals surface area contributed by atoms with Crippen LogP contribution in [-0.4, -0.2) is 64.4 Å². The second-order valence-electron chi connectivity index (χ2n) is 6.22. The number of nitrogens with zero attached hydrogens (tertiary/aromatic N) is 5. The molecular weight excluding hydrogens is 328 g/mol. The first-order valence-electron chi connectivity index (χ1n) is 7.95. The number of aromatic nitrogens is 4. The van der Waals surface area contributed by atoms with E-state index in [0.29, 0.717) is 13.1 Å². The van der Waals surface area contributed by atoms with Crippen molar-refractivity contribution in [3.63, 3.8) is 0 Å². The maximum absolute atomic E-state index is 12.3. The molecule has 130 valence electrons. The lowest BCUT2D eigenvalue weighted by atomic mass is 9.95. The van der Waals surface area contributed by atoms with E-state index in [-0.39, 0.29) is 5.92 Å². The monoisotopic (exact) mass is 350 g/mol. The van der Waals surface area contributed by atoms with E-state index < -0.39 is 10.2 Å². The second-order valence-corrected chi connectivity index (χ2v) is 8.37. The molecule has 8 nitrogen and oxygen atoms in total. The third-order valence-electron chi connectivity index (χ3n) is 4.25. The highest BCUT2D eigenvalue weighted by atomic mass is 32.2. The van der Waals surface area contributed by atoms with Crippen molar-refractivity contribution in [3.8, 4) is 11.4 Å². The van der Waals surface area contributed by atoms with Gasteiger partial charge in [-0.1, -0.05) is 0 Å². The Balaban J connectivity index is 1.65. The summed E-state index contributed by atoms with van der Waals surface area (Å²) in [6, 6.07) is 1.84. The molecule has 0 radical (unpaired) electrons. The van der Waals surface area contributed by atoms with Gasteiger partial charge in [0, 0.05) is 39.6 Å². The topological polar surface area (TPSA) is 95.1 Å². The first-order valence-corrected chi connectivity index (χ1v) is 9.35. The molecule has 3 rings (SSSR count). The van der Waals surface area contributed by atoms with Crippen LogP contribution in [0.4, 0.5) is 0 Å². The zero-order chi connectivity index (χ0) is 17.2. The molecule has 0 spiro atoms. The summed E-state index contributed by atoms with van der Waals surface area (Å²) in [5.74, 6) is 0.265. The van der Waals surface area contributed by atoms with Crippen LogP contribution in [-0.2, 0) is 16.6 Å². The number of H-pyrrole nitrogens is 1. The zero-order valence-corrected chi connectivity index (χ0v) is 14.7. The Bertz CT molecular complexity index is 758. The van der Waals surface area contributed by atoms with Crippen molar-refractivity contribution >= 4 is 10.2 Å². The molecule has 1 unspecified atom stereocenters. The van der Waals surface area contributed by atoms with Crippen LogP contribution in [0.2, 0.25) is 0 Å². The molecule has 3 heterocycles. The largest absolute Gasteiger partial charge is 0.281 e. The van der Waals surface area contributed by atoms with E-state index in [2.05, 4.69) is 20.2 Å². The average Bonchev–Trinajstić information content (AvgIpc) is 3.10. The minimum Gasteiger partial charge on any atom is -0.276 e. The molecule has 0 amide bonds. The van der Waals surface area contributed by atoms with Crippen molar-refractivity contribution in [2.24, 2.45) is 5.92 Å². The lowest BCUT2D eigenvalue weighted by Gasteiger charge is -2.33. The van der Waals surface area contributed by atoms with Gasteiger partial charge in [0.05, 0.1) is 17.6 Å². The molecule has 9 heteroatoms. The number of rotatable bonds is 5. The molecule has 1 fully saturated rings. The summed E-state index contributed by atoms with van der Waals surface area (Å²) >= 11 is 0. The van der Waals surface area contributed by atoms with E-state index in [1.54, 1.807) is 37.0 Å². The highest BCUT2D eigenvalue weighted by Gasteiger charge is 2.30. The van der Waals surface area contributed by atoms with Crippen molar-refractivity contribution in [3.05, 3.63) is 30.4 Å². The van der Waals surface area contributed by atoms with E-state index in [0.717, 1.165) is 36.3 Å². The van der Waals surface area contributed by atoms with E-state index in [1.807, 2.05) is 6.07 Å². The van der Waals surface area contributed by atoms with Gasteiger partial charge in [-0.25, -0.2) is 0 Å². The van der Waals surface area contributed by atoms with Gasteiger partial charge < -0.3 is 0 Å². The predicted molar refractivity (Wildman–Crippen MR) is 90.2 cm³/mol. The molecule has 2 aromatic rings. The lowest BCUT2D eigenvalue weighted by molar-refractivity contribution is 0.253. The standard InChI is InChI=1S/C15H22N6O2S/c1-20(2)24(22,23)21-7-3-4-12(11-21)8-13-9-17-15(10-16-13)14-5-6-18-19-14/h5-6,9-10,12H,3-4,7-8,11H2,1-2H3,(H,18,19). The lowest BCUT2D eigenvalue weighted by Crippen LogP contribution is -2.45. The van der Waals surface area contributed by atoms with Crippen LogP contribution in [0.3, 0.4) is 0 Å². The van der Waals surface area contributed by atoms with Crippen molar-refractivity contribution in [1.82, 2.24) is 28.8 Å². The van der Waals surface area contributed by atoms with E-state index >= 15 is 0 Å². The van der Waals surface area contributed by atoms with E-state index in [1.165, 1.54) is 4.31 Å². The Hall–Kier alpha value is -1.84. The van der Waals surface area contributed by atoms with Gasteiger partial charge in [0.25, 0.3) is 10.2 Å². The minimum absolute atomic E-state index is 0.265. The van der Waals surface area contributed by atoms with Crippen LogP contribution in [0.25, 0.3) is 11.4 Å². The molecule has 1 aliphatic rings. The molecule has 1 saturated heterocycles. The Morgan fingerprint density at radius 2 is 2.17 bits per heavy atom. The fourth-order valence-corrected chi connectivity index (χ4v) is 4.15. The van der Waals surface area contributed by atoms with Gasteiger partial charge in [0.2, 0.25) is 0 Å². The summed E-state index contributed by atoms with van der Waals surface area (Å²) in [5.41, 5.74) is 2.46. The summed E-state index contributed by atoms with van der Waals surface area (Å²) in [4.78, 5) is 8.87. The third kappa shape index (κ3) is 3.63. The van der Waals surface area contributed by atoms with Crippen LogP contribution in [0, 0.1) is 5.92 Å². The van der Waals surface area contributed by atoms with Crippen LogP contribution in [0.5, 0.6) is 0 Å². The molecule has 0 aromatic carbocycles. The Morgan fingerprint density at radius 1 is 1.33 bits per heavy atom. The van der Waals surface area contributed by atoms with E-state index in [9.17, 15) is 8.42 Å². The second kappa shape index (κ2) is 6.96. The molecule has 1 aliphatic heterocycles. The Kier molecular flexibility index (Phi) is 4.93. The van der Waals surface area contributed by atoms with Crippen LogP contribution in [0.1, 0.15) is 18.5 Å². The SMILES string of the molecule is CN(C)S(=O)(=O)N1CCCC(Cc2cnc(-c3ccn[nH]3)cn2)C1. The van der Waals surface area contributed by atoms with Crippen LogP contribution in [0.15, 0.2) is 24.7 Å². The number of piperidine rings is 1. The first kappa shape index (κ1) is 17.0. The van der Waals surface area contributed by atoms with Gasteiger partial charge >= 0.3 is 0 Å². The number of hydrogen-bond donors (Lipinski definition) is 1. The zero-order valence-electron chi connectivity index (χ0n) is 13.9.